The number of anilines is 1. The molecular weight excluding hydrogens is 457 g/mol. The molecule has 0 saturated carbocycles. The van der Waals surface area contributed by atoms with Crippen LogP contribution in [0.1, 0.15) is 35.7 Å². The molecule has 34 heavy (non-hydrogen) atoms. The fourth-order valence-corrected chi connectivity index (χ4v) is 5.04. The molecule has 2 aromatic rings. The molecule has 0 radical (unpaired) electrons. The Kier molecular flexibility index (Phi) is 7.21. The first-order valence-corrected chi connectivity index (χ1v) is 12.0. The summed E-state index contributed by atoms with van der Waals surface area (Å²) in [5.74, 6) is -0.877. The standard InChI is InChI=1S/C25H26FN3O4S/c1-3-33-25(32)29-12-10-18(11-13-29)27-23(30)17-8-9-21-20(14-17)28(2)24(31)22(34-21)15-16-6-4-5-7-19(16)26/h4-9,14-15,18H,3,10-13H2,1-2H3,(H,27,30). The summed E-state index contributed by atoms with van der Waals surface area (Å²) in [6, 6.07) is 11.5. The Balaban J connectivity index is 1.44. The Hall–Kier alpha value is -3.33. The van der Waals surface area contributed by atoms with Gasteiger partial charge in [-0.25, -0.2) is 9.18 Å². The lowest BCUT2D eigenvalue weighted by atomic mass is 10.0. The summed E-state index contributed by atoms with van der Waals surface area (Å²) in [7, 11) is 1.64. The summed E-state index contributed by atoms with van der Waals surface area (Å²) in [6.07, 6.45) is 2.52. The molecule has 9 heteroatoms. The minimum absolute atomic E-state index is 0.0433. The van der Waals surface area contributed by atoms with Crippen LogP contribution in [0.15, 0.2) is 52.3 Å². The topological polar surface area (TPSA) is 79.0 Å². The number of thioether (sulfide) groups is 1. The van der Waals surface area contributed by atoms with E-state index < -0.39 is 5.82 Å². The van der Waals surface area contributed by atoms with Crippen molar-refractivity contribution in [3.05, 3.63) is 64.3 Å². The third-order valence-corrected chi connectivity index (χ3v) is 6.94. The van der Waals surface area contributed by atoms with Crippen LogP contribution in [0.25, 0.3) is 6.08 Å². The number of benzene rings is 2. The predicted molar refractivity (Wildman–Crippen MR) is 129 cm³/mol. The van der Waals surface area contributed by atoms with E-state index in [-0.39, 0.29) is 23.9 Å². The van der Waals surface area contributed by atoms with E-state index in [1.807, 2.05) is 0 Å². The first-order chi connectivity index (χ1) is 16.4. The van der Waals surface area contributed by atoms with Crippen LogP contribution in [-0.2, 0) is 9.53 Å². The van der Waals surface area contributed by atoms with Gasteiger partial charge in [0, 0.05) is 42.2 Å². The number of hydrogen-bond donors (Lipinski definition) is 1. The minimum Gasteiger partial charge on any atom is -0.450 e. The third kappa shape index (κ3) is 5.09. The van der Waals surface area contributed by atoms with E-state index in [0.717, 1.165) is 4.90 Å². The van der Waals surface area contributed by atoms with Gasteiger partial charge in [0.15, 0.2) is 0 Å². The Morgan fingerprint density at radius 2 is 1.94 bits per heavy atom. The van der Waals surface area contributed by atoms with Gasteiger partial charge in [-0.3, -0.25) is 9.59 Å². The van der Waals surface area contributed by atoms with Gasteiger partial charge in [0.1, 0.15) is 5.82 Å². The summed E-state index contributed by atoms with van der Waals surface area (Å²) in [6.45, 7) is 3.16. The number of piperidine rings is 1. The number of carbonyl (C=O) groups excluding carboxylic acids is 3. The van der Waals surface area contributed by atoms with Gasteiger partial charge in [-0.2, -0.15) is 0 Å². The summed E-state index contributed by atoms with van der Waals surface area (Å²) < 4.78 is 19.1. The number of likely N-dealkylation sites (tertiary alicyclic amines) is 1. The molecule has 178 valence electrons. The molecule has 7 nitrogen and oxygen atoms in total. The van der Waals surface area contributed by atoms with Crippen molar-refractivity contribution in [3.63, 3.8) is 0 Å². The molecule has 1 N–H and O–H groups in total. The first kappa shape index (κ1) is 23.8. The van der Waals surface area contributed by atoms with Gasteiger partial charge in [-0.15, -0.1) is 0 Å². The highest BCUT2D eigenvalue weighted by atomic mass is 32.2. The summed E-state index contributed by atoms with van der Waals surface area (Å²) >= 11 is 1.26. The van der Waals surface area contributed by atoms with Crippen LogP contribution in [0.2, 0.25) is 0 Å². The number of halogens is 1. The van der Waals surface area contributed by atoms with Crippen molar-refractivity contribution in [1.29, 1.82) is 0 Å². The lowest BCUT2D eigenvalue weighted by Crippen LogP contribution is -2.46. The number of likely N-dealkylation sites (N-methyl/N-ethyl adjacent to an activating group) is 1. The fourth-order valence-electron chi connectivity index (χ4n) is 3.96. The second-order valence-electron chi connectivity index (χ2n) is 8.11. The van der Waals surface area contributed by atoms with E-state index in [0.29, 0.717) is 54.3 Å². The van der Waals surface area contributed by atoms with Crippen molar-refractivity contribution in [3.8, 4) is 0 Å². The molecule has 2 heterocycles. The smallest absolute Gasteiger partial charge is 0.409 e. The number of ether oxygens (including phenoxy) is 1. The van der Waals surface area contributed by atoms with Gasteiger partial charge < -0.3 is 19.9 Å². The van der Waals surface area contributed by atoms with Crippen LogP contribution in [0.3, 0.4) is 0 Å². The zero-order valence-electron chi connectivity index (χ0n) is 19.0. The number of carbonyl (C=O) groups is 3. The molecule has 2 aromatic carbocycles. The maximum Gasteiger partial charge on any atom is 0.409 e. The molecular formula is C25H26FN3O4S. The average molecular weight is 484 g/mol. The van der Waals surface area contributed by atoms with Crippen LogP contribution in [-0.4, -0.2) is 55.6 Å². The lowest BCUT2D eigenvalue weighted by Gasteiger charge is -2.31. The number of nitrogens with one attached hydrogen (secondary N) is 1. The van der Waals surface area contributed by atoms with Crippen molar-refractivity contribution in [1.82, 2.24) is 10.2 Å². The van der Waals surface area contributed by atoms with Crippen LogP contribution in [0, 0.1) is 5.82 Å². The summed E-state index contributed by atoms with van der Waals surface area (Å²) in [5.41, 5.74) is 1.43. The van der Waals surface area contributed by atoms with Gasteiger partial charge in [-0.05, 0) is 50.1 Å². The van der Waals surface area contributed by atoms with Crippen molar-refractivity contribution in [2.45, 2.75) is 30.7 Å². The van der Waals surface area contributed by atoms with E-state index in [4.69, 9.17) is 4.74 Å². The molecule has 0 spiro atoms. The number of rotatable bonds is 4. The van der Waals surface area contributed by atoms with Crippen molar-refractivity contribution >= 4 is 41.4 Å². The second kappa shape index (κ2) is 10.3. The summed E-state index contributed by atoms with van der Waals surface area (Å²) in [5, 5.41) is 3.03. The Morgan fingerprint density at radius 1 is 1.21 bits per heavy atom. The second-order valence-corrected chi connectivity index (χ2v) is 9.20. The quantitative estimate of drug-likeness (QED) is 0.657. The van der Waals surface area contributed by atoms with E-state index in [9.17, 15) is 18.8 Å². The number of hydrogen-bond acceptors (Lipinski definition) is 5. The highest BCUT2D eigenvalue weighted by Crippen LogP contribution is 2.42. The fraction of sp³-hybridized carbons (Fsp3) is 0.320. The Morgan fingerprint density at radius 3 is 2.65 bits per heavy atom. The van der Waals surface area contributed by atoms with Gasteiger partial charge >= 0.3 is 6.09 Å². The van der Waals surface area contributed by atoms with Gasteiger partial charge in [0.2, 0.25) is 0 Å². The molecule has 3 amide bonds. The SMILES string of the molecule is CCOC(=O)N1CCC(NC(=O)c2ccc3c(c2)N(C)C(=O)C(=Cc2ccccc2F)S3)CC1. The van der Waals surface area contributed by atoms with E-state index in [2.05, 4.69) is 5.32 Å². The maximum atomic E-state index is 14.0. The third-order valence-electron chi connectivity index (χ3n) is 5.87. The molecule has 0 aromatic heterocycles. The van der Waals surface area contributed by atoms with Crippen LogP contribution in [0.5, 0.6) is 0 Å². The van der Waals surface area contributed by atoms with Gasteiger partial charge in [0.25, 0.3) is 11.8 Å². The Bertz CT molecular complexity index is 1140. The molecule has 1 saturated heterocycles. The lowest BCUT2D eigenvalue weighted by molar-refractivity contribution is -0.114. The van der Waals surface area contributed by atoms with Gasteiger partial charge in [0.05, 0.1) is 17.2 Å². The number of fused-ring (bicyclic) bond motifs is 1. The highest BCUT2D eigenvalue weighted by molar-refractivity contribution is 8.04. The molecule has 0 aliphatic carbocycles. The van der Waals surface area contributed by atoms with Crippen molar-refractivity contribution in [2.75, 3.05) is 31.6 Å². The summed E-state index contributed by atoms with van der Waals surface area (Å²) in [4.78, 5) is 42.0. The largest absolute Gasteiger partial charge is 0.450 e. The van der Waals surface area contributed by atoms with Crippen molar-refractivity contribution < 1.29 is 23.5 Å². The average Bonchev–Trinajstić information content (AvgIpc) is 2.84. The number of nitrogens with zero attached hydrogens (tertiary/aromatic N) is 2. The van der Waals surface area contributed by atoms with E-state index in [1.165, 1.54) is 22.7 Å². The zero-order chi connectivity index (χ0) is 24.2. The Labute approximate surface area is 201 Å². The molecule has 2 aliphatic rings. The molecule has 0 bridgehead atoms. The zero-order valence-corrected chi connectivity index (χ0v) is 19.9. The van der Waals surface area contributed by atoms with E-state index >= 15 is 0 Å². The van der Waals surface area contributed by atoms with Crippen LogP contribution >= 0.6 is 11.8 Å². The van der Waals surface area contributed by atoms with Crippen LogP contribution < -0.4 is 10.2 Å². The molecule has 2 aliphatic heterocycles. The molecule has 0 atom stereocenters. The molecule has 0 unspecified atom stereocenters. The molecule has 4 rings (SSSR count). The van der Waals surface area contributed by atoms with Crippen molar-refractivity contribution in [2.24, 2.45) is 0 Å². The van der Waals surface area contributed by atoms with E-state index in [1.54, 1.807) is 61.3 Å². The maximum absolute atomic E-state index is 14.0. The predicted octanol–water partition coefficient (Wildman–Crippen LogP) is 4.29. The number of amides is 3. The highest BCUT2D eigenvalue weighted by Gasteiger charge is 2.29. The molecule has 1 fully saturated rings. The minimum atomic E-state index is -0.392. The van der Waals surface area contributed by atoms with Crippen LogP contribution in [0.4, 0.5) is 14.9 Å². The van der Waals surface area contributed by atoms with Gasteiger partial charge in [-0.1, -0.05) is 30.0 Å². The monoisotopic (exact) mass is 483 g/mol. The normalized spacial score (nSPS) is 17.5. The first-order valence-electron chi connectivity index (χ1n) is 11.2.